The van der Waals surface area contributed by atoms with E-state index in [4.69, 9.17) is 19.7 Å². The molecule has 0 saturated heterocycles. The predicted octanol–water partition coefficient (Wildman–Crippen LogP) is 1.20. The molecule has 1 aromatic heterocycles. The van der Waals surface area contributed by atoms with Crippen LogP contribution in [0.1, 0.15) is 43.7 Å². The maximum Gasteiger partial charge on any atom is 0.257 e. The van der Waals surface area contributed by atoms with Gasteiger partial charge in [0.1, 0.15) is 12.2 Å². The van der Waals surface area contributed by atoms with Gasteiger partial charge in [-0.1, -0.05) is 18.5 Å². The molecule has 1 rings (SSSR count). The molecule has 2 atom stereocenters. The lowest BCUT2D eigenvalue weighted by Gasteiger charge is -2.09. The molecule has 6 nitrogen and oxygen atoms in total. The summed E-state index contributed by atoms with van der Waals surface area (Å²) >= 11 is 0. The van der Waals surface area contributed by atoms with Gasteiger partial charge in [0.2, 0.25) is 5.82 Å². The van der Waals surface area contributed by atoms with Crippen LogP contribution in [0.5, 0.6) is 0 Å². The molecule has 1 heterocycles. The van der Waals surface area contributed by atoms with Gasteiger partial charge in [0.05, 0.1) is 0 Å². The van der Waals surface area contributed by atoms with Crippen LogP contribution in [0, 0.1) is 0 Å². The van der Waals surface area contributed by atoms with Crippen molar-refractivity contribution in [3.63, 3.8) is 0 Å². The Kier molecular flexibility index (Phi) is 5.37. The molecule has 0 aliphatic rings. The molecule has 0 bridgehead atoms. The van der Waals surface area contributed by atoms with E-state index >= 15 is 0 Å². The van der Waals surface area contributed by atoms with Gasteiger partial charge < -0.3 is 19.7 Å². The van der Waals surface area contributed by atoms with Crippen LogP contribution >= 0.6 is 0 Å². The number of nitrogens with zero attached hydrogens (tertiary/aromatic N) is 2. The second kappa shape index (κ2) is 6.57. The van der Waals surface area contributed by atoms with E-state index < -0.39 is 0 Å². The number of aromatic nitrogens is 2. The number of hydrogen-bond donors (Lipinski definition) is 1. The SMILES string of the molecule is CCCC(OC)c1noc(C(CN)OC)n1. The highest BCUT2D eigenvalue weighted by Crippen LogP contribution is 2.21. The Hall–Kier alpha value is -0.980. The highest BCUT2D eigenvalue weighted by Gasteiger charge is 2.21. The van der Waals surface area contributed by atoms with Crippen LogP contribution in [0.15, 0.2) is 4.52 Å². The van der Waals surface area contributed by atoms with Gasteiger partial charge in [-0.2, -0.15) is 4.98 Å². The van der Waals surface area contributed by atoms with Gasteiger partial charge in [-0.05, 0) is 6.42 Å². The summed E-state index contributed by atoms with van der Waals surface area (Å²) in [5.74, 6) is 0.952. The van der Waals surface area contributed by atoms with Crippen LogP contribution < -0.4 is 5.73 Å². The van der Waals surface area contributed by atoms with E-state index in [9.17, 15) is 0 Å². The third-order valence-corrected chi connectivity index (χ3v) is 2.35. The van der Waals surface area contributed by atoms with Gasteiger partial charge in [0.25, 0.3) is 5.89 Å². The number of methoxy groups -OCH3 is 2. The van der Waals surface area contributed by atoms with Gasteiger partial charge in [0, 0.05) is 20.8 Å². The lowest BCUT2D eigenvalue weighted by Crippen LogP contribution is -2.14. The molecule has 6 heteroatoms. The number of nitrogens with two attached hydrogens (primary N) is 1. The Bertz CT molecular complexity index is 299. The van der Waals surface area contributed by atoms with Gasteiger partial charge in [0.15, 0.2) is 0 Å². The lowest BCUT2D eigenvalue weighted by atomic mass is 10.2. The maximum atomic E-state index is 5.51. The van der Waals surface area contributed by atoms with Gasteiger partial charge in [-0.3, -0.25) is 0 Å². The van der Waals surface area contributed by atoms with Crippen LogP contribution in [-0.4, -0.2) is 30.9 Å². The molecule has 0 amide bonds. The first-order chi connectivity index (χ1) is 7.76. The van der Waals surface area contributed by atoms with E-state index in [1.807, 2.05) is 0 Å². The highest BCUT2D eigenvalue weighted by atomic mass is 16.5. The van der Waals surface area contributed by atoms with Crippen molar-refractivity contribution in [1.82, 2.24) is 10.1 Å². The monoisotopic (exact) mass is 229 g/mol. The molecule has 0 aliphatic carbocycles. The van der Waals surface area contributed by atoms with Crippen molar-refractivity contribution in [3.8, 4) is 0 Å². The van der Waals surface area contributed by atoms with Crippen LogP contribution in [0.2, 0.25) is 0 Å². The largest absolute Gasteiger partial charge is 0.373 e. The zero-order valence-corrected chi connectivity index (χ0v) is 9.97. The van der Waals surface area contributed by atoms with Gasteiger partial charge in [-0.15, -0.1) is 0 Å². The van der Waals surface area contributed by atoms with E-state index in [-0.39, 0.29) is 12.2 Å². The van der Waals surface area contributed by atoms with Crippen molar-refractivity contribution in [2.24, 2.45) is 5.73 Å². The minimum atomic E-state index is -0.347. The first kappa shape index (κ1) is 13.1. The van der Waals surface area contributed by atoms with Crippen molar-refractivity contribution in [2.75, 3.05) is 20.8 Å². The molecule has 92 valence electrons. The topological polar surface area (TPSA) is 83.4 Å². The third-order valence-electron chi connectivity index (χ3n) is 2.35. The molecule has 2 N–H and O–H groups in total. The predicted molar refractivity (Wildman–Crippen MR) is 57.8 cm³/mol. The third kappa shape index (κ3) is 3.01. The smallest absolute Gasteiger partial charge is 0.257 e. The standard InChI is InChI=1S/C10H19N3O3/c1-4-5-7(14-2)9-12-10(16-13-9)8(6-11)15-3/h7-8H,4-6,11H2,1-3H3. The average molecular weight is 229 g/mol. The van der Waals surface area contributed by atoms with Crippen molar-refractivity contribution in [2.45, 2.75) is 32.0 Å². The second-order valence-electron chi connectivity index (χ2n) is 3.46. The Morgan fingerprint density at radius 3 is 2.50 bits per heavy atom. The minimum absolute atomic E-state index is 0.127. The van der Waals surface area contributed by atoms with Gasteiger partial charge in [-0.25, -0.2) is 0 Å². The van der Waals surface area contributed by atoms with Crippen molar-refractivity contribution < 1.29 is 14.0 Å². The Balaban J connectivity index is 2.75. The number of rotatable bonds is 7. The van der Waals surface area contributed by atoms with E-state index in [0.717, 1.165) is 12.8 Å². The summed E-state index contributed by atoms with van der Waals surface area (Å²) < 4.78 is 15.5. The highest BCUT2D eigenvalue weighted by molar-refractivity contribution is 4.94. The Labute approximate surface area is 95.1 Å². The van der Waals surface area contributed by atoms with Crippen molar-refractivity contribution in [1.29, 1.82) is 0 Å². The quantitative estimate of drug-likeness (QED) is 0.756. The summed E-state index contributed by atoms with van der Waals surface area (Å²) in [6.45, 7) is 2.38. The number of ether oxygens (including phenoxy) is 2. The molecule has 2 unspecified atom stereocenters. The second-order valence-corrected chi connectivity index (χ2v) is 3.46. The molecule has 0 fully saturated rings. The molecule has 1 aromatic rings. The fourth-order valence-electron chi connectivity index (χ4n) is 1.42. The molecule has 0 radical (unpaired) electrons. The van der Waals surface area contributed by atoms with E-state index in [2.05, 4.69) is 17.1 Å². The Morgan fingerprint density at radius 2 is 2.00 bits per heavy atom. The fraction of sp³-hybridized carbons (Fsp3) is 0.800. The first-order valence-electron chi connectivity index (χ1n) is 5.35. The van der Waals surface area contributed by atoms with Crippen molar-refractivity contribution >= 4 is 0 Å². The number of hydrogen-bond acceptors (Lipinski definition) is 6. The Morgan fingerprint density at radius 1 is 1.31 bits per heavy atom. The van der Waals surface area contributed by atoms with Crippen molar-refractivity contribution in [3.05, 3.63) is 11.7 Å². The molecule has 0 aliphatic heterocycles. The summed E-state index contributed by atoms with van der Waals surface area (Å²) in [6, 6.07) is 0. The summed E-state index contributed by atoms with van der Waals surface area (Å²) in [5, 5.41) is 3.88. The summed E-state index contributed by atoms with van der Waals surface area (Å²) in [5.41, 5.74) is 5.51. The zero-order valence-electron chi connectivity index (χ0n) is 9.97. The minimum Gasteiger partial charge on any atom is -0.373 e. The normalized spacial score (nSPS) is 15.0. The van der Waals surface area contributed by atoms with Gasteiger partial charge >= 0.3 is 0 Å². The molecular weight excluding hydrogens is 210 g/mol. The molecule has 0 aromatic carbocycles. The van der Waals surface area contributed by atoms with Crippen LogP contribution in [-0.2, 0) is 9.47 Å². The molecule has 0 spiro atoms. The van der Waals surface area contributed by atoms with Crippen LogP contribution in [0.25, 0.3) is 0 Å². The molecular formula is C10H19N3O3. The molecule has 0 saturated carbocycles. The van der Waals surface area contributed by atoms with Crippen LogP contribution in [0.3, 0.4) is 0 Å². The zero-order chi connectivity index (χ0) is 12.0. The fourth-order valence-corrected chi connectivity index (χ4v) is 1.42. The summed E-state index contributed by atoms with van der Waals surface area (Å²) in [6.07, 6.45) is 1.38. The lowest BCUT2D eigenvalue weighted by molar-refractivity contribution is 0.0795. The van der Waals surface area contributed by atoms with E-state index in [0.29, 0.717) is 18.3 Å². The first-order valence-corrected chi connectivity index (χ1v) is 5.35. The average Bonchev–Trinajstić information content (AvgIpc) is 2.77. The molecule has 16 heavy (non-hydrogen) atoms. The summed E-state index contributed by atoms with van der Waals surface area (Å²) in [4.78, 5) is 4.23. The summed E-state index contributed by atoms with van der Waals surface area (Å²) in [7, 11) is 3.19. The van der Waals surface area contributed by atoms with Crippen LogP contribution in [0.4, 0.5) is 0 Å². The maximum absolute atomic E-state index is 5.51. The van der Waals surface area contributed by atoms with E-state index in [1.165, 1.54) is 0 Å². The van der Waals surface area contributed by atoms with E-state index in [1.54, 1.807) is 14.2 Å².